The summed E-state index contributed by atoms with van der Waals surface area (Å²) in [6, 6.07) is 72.0. The molecule has 0 bridgehead atoms. The van der Waals surface area contributed by atoms with Gasteiger partial charge in [-0.15, -0.1) is 0 Å². The van der Waals surface area contributed by atoms with E-state index in [2.05, 4.69) is 203 Å². The fourth-order valence-corrected chi connectivity index (χ4v) is 9.97. The van der Waals surface area contributed by atoms with Crippen LogP contribution in [-0.2, 0) is 0 Å². The maximum atomic E-state index is 2.46. The van der Waals surface area contributed by atoms with Crippen molar-refractivity contribution >= 4 is 75.9 Å². The fourth-order valence-electron chi connectivity index (χ4n) is 9.97. The number of aromatic nitrogens is 2. The Morgan fingerprint density at radius 2 is 0.839 bits per heavy atom. The molecule has 56 heavy (non-hydrogen) atoms. The van der Waals surface area contributed by atoms with Gasteiger partial charge in [-0.25, -0.2) is 0 Å². The van der Waals surface area contributed by atoms with Crippen LogP contribution in [0.5, 0.6) is 0 Å². The molecule has 2 heteroatoms. The summed E-state index contributed by atoms with van der Waals surface area (Å²) in [6.07, 6.45) is 0. The van der Waals surface area contributed by atoms with Crippen molar-refractivity contribution in [3.63, 3.8) is 0 Å². The lowest BCUT2D eigenvalue weighted by atomic mass is 9.96. The van der Waals surface area contributed by atoms with Crippen LogP contribution in [0.25, 0.3) is 121 Å². The molecular weight excluding hydrogens is 677 g/mol. The summed E-state index contributed by atoms with van der Waals surface area (Å²) in [5.74, 6) is 0. The Morgan fingerprint density at radius 3 is 1.61 bits per heavy atom. The highest BCUT2D eigenvalue weighted by Crippen LogP contribution is 2.50. The standard InChI is InChI=1S/C54H32N2/c1-4-15-39-33(11-1)13-9-22-49(39)56-51-21-8-6-17-42(51)47-30-35(24-28-53(47)56)34-23-27-52-46(29-34)41-16-5-7-20-50(41)55(52)37-25-26-40-44-19-10-18-43-38-14-3-2-12-36(38)31-48(54(43)44)45(40)32-37/h1-32H. The van der Waals surface area contributed by atoms with Crippen LogP contribution in [0.3, 0.4) is 0 Å². The van der Waals surface area contributed by atoms with Gasteiger partial charge in [0, 0.05) is 32.6 Å². The third-order valence-corrected chi connectivity index (χ3v) is 12.4. The van der Waals surface area contributed by atoms with Crippen molar-refractivity contribution in [2.45, 2.75) is 0 Å². The molecule has 2 heterocycles. The molecule has 0 fully saturated rings. The van der Waals surface area contributed by atoms with E-state index in [-0.39, 0.29) is 0 Å². The van der Waals surface area contributed by atoms with E-state index >= 15 is 0 Å². The van der Waals surface area contributed by atoms with Gasteiger partial charge in [-0.3, -0.25) is 0 Å². The summed E-state index contributed by atoms with van der Waals surface area (Å²) in [4.78, 5) is 0. The normalized spacial score (nSPS) is 12.3. The van der Waals surface area contributed by atoms with Gasteiger partial charge in [0.05, 0.1) is 27.8 Å². The van der Waals surface area contributed by atoms with Crippen LogP contribution in [0.15, 0.2) is 194 Å². The molecule has 12 aromatic rings. The van der Waals surface area contributed by atoms with Crippen molar-refractivity contribution in [1.29, 1.82) is 0 Å². The van der Waals surface area contributed by atoms with Crippen LogP contribution < -0.4 is 0 Å². The van der Waals surface area contributed by atoms with Crippen LogP contribution in [-0.4, -0.2) is 9.13 Å². The summed E-state index contributed by atoms with van der Waals surface area (Å²) < 4.78 is 4.89. The molecule has 0 saturated heterocycles. The first-order chi connectivity index (χ1) is 27.8. The van der Waals surface area contributed by atoms with Gasteiger partial charge in [-0.2, -0.15) is 0 Å². The molecule has 0 amide bonds. The highest BCUT2D eigenvalue weighted by molar-refractivity contribution is 6.24. The summed E-state index contributed by atoms with van der Waals surface area (Å²) in [7, 11) is 0. The smallest absolute Gasteiger partial charge is 0.0541 e. The monoisotopic (exact) mass is 708 g/mol. The third kappa shape index (κ3) is 4.00. The van der Waals surface area contributed by atoms with Gasteiger partial charge >= 0.3 is 0 Å². The van der Waals surface area contributed by atoms with Crippen LogP contribution in [0.4, 0.5) is 0 Å². The molecule has 0 N–H and O–H groups in total. The molecular formula is C54H32N2. The molecule has 0 unspecified atom stereocenters. The van der Waals surface area contributed by atoms with Crippen LogP contribution in [0.1, 0.15) is 0 Å². The van der Waals surface area contributed by atoms with Gasteiger partial charge in [0.25, 0.3) is 0 Å². The lowest BCUT2D eigenvalue weighted by molar-refractivity contribution is 1.18. The molecule has 13 rings (SSSR count). The Balaban J connectivity index is 0.986. The van der Waals surface area contributed by atoms with E-state index < -0.39 is 0 Å². The van der Waals surface area contributed by atoms with Gasteiger partial charge < -0.3 is 9.13 Å². The quantitative estimate of drug-likeness (QED) is 0.162. The zero-order chi connectivity index (χ0) is 36.5. The maximum absolute atomic E-state index is 2.46. The zero-order valence-corrected chi connectivity index (χ0v) is 30.4. The van der Waals surface area contributed by atoms with E-state index in [4.69, 9.17) is 0 Å². The van der Waals surface area contributed by atoms with Gasteiger partial charge in [-0.1, -0.05) is 133 Å². The number of rotatable bonds is 3. The minimum Gasteiger partial charge on any atom is -0.309 e. The molecule has 258 valence electrons. The minimum absolute atomic E-state index is 1.18. The Labute approximate surface area is 322 Å². The van der Waals surface area contributed by atoms with E-state index in [0.29, 0.717) is 0 Å². The maximum Gasteiger partial charge on any atom is 0.0541 e. The molecule has 2 nitrogen and oxygen atoms in total. The van der Waals surface area contributed by atoms with Crippen molar-refractivity contribution in [2.75, 3.05) is 0 Å². The molecule has 0 atom stereocenters. The minimum atomic E-state index is 1.18. The second-order valence-electron chi connectivity index (χ2n) is 15.3. The van der Waals surface area contributed by atoms with Gasteiger partial charge in [0.15, 0.2) is 0 Å². The first-order valence-corrected chi connectivity index (χ1v) is 19.4. The molecule has 0 radical (unpaired) electrons. The summed E-state index contributed by atoms with van der Waals surface area (Å²) in [5, 5.41) is 12.8. The lowest BCUT2D eigenvalue weighted by Crippen LogP contribution is -1.95. The predicted molar refractivity (Wildman–Crippen MR) is 238 cm³/mol. The number of benzene rings is 10. The number of nitrogens with zero attached hydrogens (tertiary/aromatic N) is 2. The Morgan fingerprint density at radius 1 is 0.268 bits per heavy atom. The van der Waals surface area contributed by atoms with Gasteiger partial charge in [0.2, 0.25) is 0 Å². The van der Waals surface area contributed by atoms with Crippen molar-refractivity contribution in [3.8, 4) is 44.8 Å². The lowest BCUT2D eigenvalue weighted by Gasteiger charge is -2.12. The largest absolute Gasteiger partial charge is 0.309 e. The Kier molecular flexibility index (Phi) is 5.92. The molecule has 10 aromatic carbocycles. The van der Waals surface area contributed by atoms with Gasteiger partial charge in [-0.05, 0) is 121 Å². The first-order valence-electron chi connectivity index (χ1n) is 19.4. The molecule has 0 saturated carbocycles. The molecule has 0 aliphatic heterocycles. The average Bonchev–Trinajstić information content (AvgIpc) is 3.89. The van der Waals surface area contributed by atoms with Crippen LogP contribution in [0, 0.1) is 0 Å². The number of fused-ring (bicyclic) bond motifs is 12. The highest BCUT2D eigenvalue weighted by atomic mass is 15.0. The van der Waals surface area contributed by atoms with Crippen LogP contribution in [0.2, 0.25) is 0 Å². The third-order valence-electron chi connectivity index (χ3n) is 12.4. The molecule has 1 aliphatic carbocycles. The molecule has 0 spiro atoms. The second kappa shape index (κ2) is 11.1. The molecule has 2 aromatic heterocycles. The first kappa shape index (κ1) is 30.0. The van der Waals surface area contributed by atoms with E-state index in [0.717, 1.165) is 0 Å². The van der Waals surface area contributed by atoms with E-state index in [1.807, 2.05) is 0 Å². The van der Waals surface area contributed by atoms with Crippen molar-refractivity contribution in [3.05, 3.63) is 194 Å². The number of para-hydroxylation sites is 2. The molecule has 1 aliphatic rings. The fraction of sp³-hybridized carbons (Fsp3) is 0. The summed E-state index contributed by atoms with van der Waals surface area (Å²) in [6.45, 7) is 0. The Bertz CT molecular complexity index is 3650. The van der Waals surface area contributed by atoms with Crippen molar-refractivity contribution in [1.82, 2.24) is 9.13 Å². The predicted octanol–water partition coefficient (Wildman–Crippen LogP) is 14.7. The second-order valence-corrected chi connectivity index (χ2v) is 15.3. The van der Waals surface area contributed by atoms with Gasteiger partial charge in [0.1, 0.15) is 0 Å². The summed E-state index contributed by atoms with van der Waals surface area (Å²) in [5.41, 5.74) is 14.9. The average molecular weight is 709 g/mol. The van der Waals surface area contributed by atoms with E-state index in [1.165, 1.54) is 121 Å². The van der Waals surface area contributed by atoms with E-state index in [1.54, 1.807) is 0 Å². The van der Waals surface area contributed by atoms with Crippen molar-refractivity contribution < 1.29 is 0 Å². The number of hydrogen-bond donors (Lipinski definition) is 0. The highest BCUT2D eigenvalue weighted by Gasteiger charge is 2.24. The van der Waals surface area contributed by atoms with Crippen LogP contribution >= 0.6 is 0 Å². The topological polar surface area (TPSA) is 9.86 Å². The Hall–Kier alpha value is -7.42. The zero-order valence-electron chi connectivity index (χ0n) is 30.4. The number of hydrogen-bond acceptors (Lipinski definition) is 0. The van der Waals surface area contributed by atoms with E-state index in [9.17, 15) is 0 Å². The van der Waals surface area contributed by atoms with Crippen molar-refractivity contribution in [2.24, 2.45) is 0 Å². The SMILES string of the molecule is c1ccc2c(-n3c4ccccc4c4cc(-c5ccc6c(c5)c5ccccc5n6-c5ccc6c(c5)-c5cc7ccccc7c7cccc-6c57)ccc43)cccc2c1. The summed E-state index contributed by atoms with van der Waals surface area (Å²) >= 11 is 0.